The van der Waals surface area contributed by atoms with E-state index in [0.717, 1.165) is 16.7 Å². The Labute approximate surface area is 129 Å². The summed E-state index contributed by atoms with van der Waals surface area (Å²) in [6, 6.07) is 11.4. The predicted molar refractivity (Wildman–Crippen MR) is 83.4 cm³/mol. The van der Waals surface area contributed by atoms with Gasteiger partial charge in [0.05, 0.1) is 19.6 Å². The number of methoxy groups -OCH3 is 2. The first kappa shape index (κ1) is 15.0. The van der Waals surface area contributed by atoms with E-state index in [1.54, 1.807) is 14.2 Å². The molecule has 0 spiro atoms. The van der Waals surface area contributed by atoms with Crippen LogP contribution in [0.4, 0.5) is 0 Å². The molecule has 20 heavy (non-hydrogen) atoms. The maximum atomic E-state index is 6.57. The summed E-state index contributed by atoms with van der Waals surface area (Å²) < 4.78 is 10.5. The van der Waals surface area contributed by atoms with Crippen molar-refractivity contribution >= 4 is 23.2 Å². The van der Waals surface area contributed by atoms with Crippen LogP contribution in [0.1, 0.15) is 22.1 Å². The van der Waals surface area contributed by atoms with Gasteiger partial charge < -0.3 is 9.47 Å². The zero-order valence-electron chi connectivity index (χ0n) is 11.6. The lowest BCUT2D eigenvalue weighted by molar-refractivity contribution is 0.354. The lowest BCUT2D eigenvalue weighted by atomic mass is 10.00. The van der Waals surface area contributed by atoms with E-state index in [1.807, 2.05) is 43.3 Å². The summed E-state index contributed by atoms with van der Waals surface area (Å²) in [4.78, 5) is 0. The van der Waals surface area contributed by atoms with Gasteiger partial charge in [-0.3, -0.25) is 0 Å². The highest BCUT2D eigenvalue weighted by molar-refractivity contribution is 6.30. The number of ether oxygens (including phenoxy) is 2. The van der Waals surface area contributed by atoms with Gasteiger partial charge >= 0.3 is 0 Å². The van der Waals surface area contributed by atoms with Gasteiger partial charge in [-0.25, -0.2) is 0 Å². The Kier molecular flexibility index (Phi) is 4.79. The van der Waals surface area contributed by atoms with E-state index in [1.165, 1.54) is 0 Å². The third-order valence-electron chi connectivity index (χ3n) is 3.21. The van der Waals surface area contributed by atoms with Crippen molar-refractivity contribution in [2.45, 2.75) is 12.3 Å². The smallest absolute Gasteiger partial charge is 0.161 e. The van der Waals surface area contributed by atoms with Gasteiger partial charge in [0.1, 0.15) is 0 Å². The second-order valence-electron chi connectivity index (χ2n) is 4.48. The van der Waals surface area contributed by atoms with Crippen LogP contribution in [-0.4, -0.2) is 14.2 Å². The Hall–Kier alpha value is -1.38. The van der Waals surface area contributed by atoms with Crippen molar-refractivity contribution in [2.75, 3.05) is 14.2 Å². The van der Waals surface area contributed by atoms with Crippen LogP contribution in [0, 0.1) is 6.92 Å². The Balaban J connectivity index is 2.40. The lowest BCUT2D eigenvalue weighted by Crippen LogP contribution is -1.98. The third kappa shape index (κ3) is 3.02. The molecule has 0 saturated heterocycles. The van der Waals surface area contributed by atoms with Crippen molar-refractivity contribution in [1.29, 1.82) is 0 Å². The van der Waals surface area contributed by atoms with Crippen molar-refractivity contribution in [3.63, 3.8) is 0 Å². The highest BCUT2D eigenvalue weighted by Gasteiger charge is 2.15. The van der Waals surface area contributed by atoms with Crippen molar-refractivity contribution in [3.8, 4) is 11.5 Å². The molecule has 2 aromatic carbocycles. The highest BCUT2D eigenvalue weighted by Crippen LogP contribution is 2.36. The number of halogens is 2. The van der Waals surface area contributed by atoms with Gasteiger partial charge in [0.2, 0.25) is 0 Å². The molecule has 0 aliphatic rings. The van der Waals surface area contributed by atoms with E-state index < -0.39 is 0 Å². The van der Waals surface area contributed by atoms with Gasteiger partial charge in [-0.15, -0.1) is 11.6 Å². The van der Waals surface area contributed by atoms with E-state index in [-0.39, 0.29) is 5.38 Å². The normalized spacial score (nSPS) is 12.1. The molecule has 2 nitrogen and oxygen atoms in total. The Morgan fingerprint density at radius 2 is 1.65 bits per heavy atom. The zero-order chi connectivity index (χ0) is 14.7. The molecule has 1 unspecified atom stereocenters. The van der Waals surface area contributed by atoms with E-state index in [0.29, 0.717) is 16.5 Å². The first-order valence-electron chi connectivity index (χ1n) is 6.19. The van der Waals surface area contributed by atoms with Gasteiger partial charge in [-0.2, -0.15) is 0 Å². The quantitative estimate of drug-likeness (QED) is 0.740. The van der Waals surface area contributed by atoms with E-state index in [4.69, 9.17) is 32.7 Å². The molecule has 2 rings (SSSR count). The predicted octanol–water partition coefficient (Wildman–Crippen LogP) is 4.99. The standard InChI is InChI=1S/C16H16Cl2O2/c1-10-8-12(17)5-6-13(10)16(18)11-4-7-14(19-2)15(9-11)20-3/h4-9,16H,1-3H3. The molecule has 0 amide bonds. The minimum Gasteiger partial charge on any atom is -0.493 e. The van der Waals surface area contributed by atoms with Crippen LogP contribution >= 0.6 is 23.2 Å². The van der Waals surface area contributed by atoms with Crippen LogP contribution in [0.15, 0.2) is 36.4 Å². The fourth-order valence-electron chi connectivity index (χ4n) is 2.11. The summed E-state index contributed by atoms with van der Waals surface area (Å²) in [7, 11) is 3.22. The van der Waals surface area contributed by atoms with Crippen LogP contribution in [0.3, 0.4) is 0 Å². The Morgan fingerprint density at radius 3 is 2.25 bits per heavy atom. The molecule has 0 aliphatic carbocycles. The SMILES string of the molecule is COc1ccc(C(Cl)c2ccc(Cl)cc2C)cc1OC. The van der Waals surface area contributed by atoms with Crippen LogP contribution < -0.4 is 9.47 Å². The molecule has 0 heterocycles. The Morgan fingerprint density at radius 1 is 0.950 bits per heavy atom. The maximum Gasteiger partial charge on any atom is 0.161 e. The summed E-state index contributed by atoms with van der Waals surface area (Å²) in [6.07, 6.45) is 0. The summed E-state index contributed by atoms with van der Waals surface area (Å²) in [5, 5.41) is 0.453. The molecule has 0 aliphatic heterocycles. The third-order valence-corrected chi connectivity index (χ3v) is 3.93. The van der Waals surface area contributed by atoms with Gasteiger partial charge in [-0.05, 0) is 47.9 Å². The molecule has 106 valence electrons. The van der Waals surface area contributed by atoms with Crippen molar-refractivity contribution < 1.29 is 9.47 Å². The Bertz CT molecular complexity index is 611. The second-order valence-corrected chi connectivity index (χ2v) is 5.35. The number of hydrogen-bond acceptors (Lipinski definition) is 2. The largest absolute Gasteiger partial charge is 0.493 e. The molecule has 0 N–H and O–H groups in total. The molecule has 0 radical (unpaired) electrons. The molecule has 0 saturated carbocycles. The monoisotopic (exact) mass is 310 g/mol. The van der Waals surface area contributed by atoms with Crippen molar-refractivity contribution in [2.24, 2.45) is 0 Å². The number of alkyl halides is 1. The summed E-state index contributed by atoms with van der Waals surface area (Å²) >= 11 is 12.5. The zero-order valence-corrected chi connectivity index (χ0v) is 13.1. The molecule has 4 heteroatoms. The number of hydrogen-bond donors (Lipinski definition) is 0. The highest BCUT2D eigenvalue weighted by atomic mass is 35.5. The van der Waals surface area contributed by atoms with Gasteiger partial charge in [0, 0.05) is 5.02 Å². The minimum absolute atomic E-state index is 0.257. The average molecular weight is 311 g/mol. The topological polar surface area (TPSA) is 18.5 Å². The average Bonchev–Trinajstić information content (AvgIpc) is 2.45. The van der Waals surface area contributed by atoms with E-state index in [2.05, 4.69) is 0 Å². The van der Waals surface area contributed by atoms with E-state index >= 15 is 0 Å². The van der Waals surface area contributed by atoms with Gasteiger partial charge in [0.15, 0.2) is 11.5 Å². The molecular formula is C16H16Cl2O2. The van der Waals surface area contributed by atoms with Crippen LogP contribution in [0.5, 0.6) is 11.5 Å². The fourth-order valence-corrected chi connectivity index (χ4v) is 2.72. The molecular weight excluding hydrogens is 295 g/mol. The van der Waals surface area contributed by atoms with Gasteiger partial charge in [-0.1, -0.05) is 23.7 Å². The first-order chi connectivity index (χ1) is 9.56. The molecule has 0 aromatic heterocycles. The molecule has 0 fully saturated rings. The number of benzene rings is 2. The molecule has 2 aromatic rings. The molecule has 1 atom stereocenters. The van der Waals surface area contributed by atoms with Crippen molar-refractivity contribution in [1.82, 2.24) is 0 Å². The summed E-state index contributed by atoms with van der Waals surface area (Å²) in [5.41, 5.74) is 3.05. The second kappa shape index (κ2) is 6.38. The van der Waals surface area contributed by atoms with Crippen LogP contribution in [-0.2, 0) is 0 Å². The maximum absolute atomic E-state index is 6.57. The fraction of sp³-hybridized carbons (Fsp3) is 0.250. The van der Waals surface area contributed by atoms with Crippen molar-refractivity contribution in [3.05, 3.63) is 58.1 Å². The number of rotatable bonds is 4. The van der Waals surface area contributed by atoms with Crippen LogP contribution in [0.2, 0.25) is 5.02 Å². The summed E-state index contributed by atoms with van der Waals surface area (Å²) in [5.74, 6) is 1.36. The van der Waals surface area contributed by atoms with Gasteiger partial charge in [0.25, 0.3) is 0 Å². The summed E-state index contributed by atoms with van der Waals surface area (Å²) in [6.45, 7) is 2.00. The number of aryl methyl sites for hydroxylation is 1. The minimum atomic E-state index is -0.257. The lowest BCUT2D eigenvalue weighted by Gasteiger charge is -2.16. The van der Waals surface area contributed by atoms with E-state index in [9.17, 15) is 0 Å². The molecule has 0 bridgehead atoms. The van der Waals surface area contributed by atoms with Crippen LogP contribution in [0.25, 0.3) is 0 Å². The first-order valence-corrected chi connectivity index (χ1v) is 7.00.